The first-order valence-corrected chi connectivity index (χ1v) is 12.7. The number of rotatable bonds is 7. The molecule has 41 heavy (non-hydrogen) atoms. The van der Waals surface area contributed by atoms with Crippen LogP contribution in [0.5, 0.6) is 0 Å². The van der Waals surface area contributed by atoms with Gasteiger partial charge in [-0.3, -0.25) is 4.79 Å². The molecule has 218 valence electrons. The van der Waals surface area contributed by atoms with Gasteiger partial charge in [-0.25, -0.2) is 23.1 Å². The lowest BCUT2D eigenvalue weighted by Crippen LogP contribution is -2.29. The summed E-state index contributed by atoms with van der Waals surface area (Å²) in [4.78, 5) is 22.4. The van der Waals surface area contributed by atoms with E-state index in [1.54, 1.807) is 7.05 Å². The molecule has 11 heteroatoms. The SMILES string of the molecule is C#C.C#C.CC.CN(CCCCc1nc2c3cc(F)cc(F)c3nc(N)n2n1)C(=O)c1ccc(C(C)(C)O)cc1F. The first-order valence-electron chi connectivity index (χ1n) is 12.7. The summed E-state index contributed by atoms with van der Waals surface area (Å²) in [6.45, 7) is 7.44. The van der Waals surface area contributed by atoms with Crippen molar-refractivity contribution in [3.63, 3.8) is 0 Å². The predicted octanol–water partition coefficient (Wildman–Crippen LogP) is 5.12. The molecule has 4 aromatic rings. The summed E-state index contributed by atoms with van der Waals surface area (Å²) in [5, 5.41) is 14.5. The Kier molecular flexibility index (Phi) is 12.8. The smallest absolute Gasteiger partial charge is 0.256 e. The Labute approximate surface area is 238 Å². The number of carbonyl (C=O) groups excluding carboxylic acids is 1. The van der Waals surface area contributed by atoms with Gasteiger partial charge in [-0.1, -0.05) is 19.9 Å². The van der Waals surface area contributed by atoms with E-state index in [1.165, 1.54) is 35.4 Å². The number of hydrogen-bond donors (Lipinski definition) is 2. The molecule has 8 nitrogen and oxygen atoms in total. The van der Waals surface area contributed by atoms with Crippen molar-refractivity contribution >= 4 is 28.4 Å². The molecule has 0 spiro atoms. The number of nitrogen functional groups attached to an aromatic ring is 1. The Hall–Kier alpha value is -4.61. The molecule has 2 aromatic heterocycles. The summed E-state index contributed by atoms with van der Waals surface area (Å²) >= 11 is 0. The highest BCUT2D eigenvalue weighted by atomic mass is 19.1. The molecule has 0 aliphatic heterocycles. The second-order valence-electron chi connectivity index (χ2n) is 8.95. The molecule has 0 radical (unpaired) electrons. The Morgan fingerprint density at radius 3 is 2.24 bits per heavy atom. The average Bonchev–Trinajstić information content (AvgIpc) is 3.39. The standard InChI is InChI=1S/C24H25F3N6O2.C2H6.2C2H2/c1-24(2,35)13-7-8-15(17(26)10-13)22(34)32(3)9-5-4-6-19-29-21-16-11-14(25)12-18(27)20(16)30-23(28)33(21)31-19;3*1-2/h7-8,10-12,35H,4-6,9H2,1-3H3,(H2,28,30);1-2H3;2*1-2H. The number of amides is 1. The number of unbranched alkanes of at least 4 members (excludes halogenated alkanes) is 1. The minimum Gasteiger partial charge on any atom is -0.386 e. The molecule has 0 fully saturated rings. The molecule has 2 aromatic carbocycles. The largest absolute Gasteiger partial charge is 0.386 e. The van der Waals surface area contributed by atoms with Crippen molar-refractivity contribution in [2.24, 2.45) is 0 Å². The second-order valence-corrected chi connectivity index (χ2v) is 8.95. The molecule has 0 unspecified atom stereocenters. The number of anilines is 1. The monoisotopic (exact) mass is 568 g/mol. The van der Waals surface area contributed by atoms with Crippen molar-refractivity contribution in [1.82, 2.24) is 24.5 Å². The van der Waals surface area contributed by atoms with E-state index in [9.17, 15) is 23.1 Å². The lowest BCUT2D eigenvalue weighted by molar-refractivity contribution is 0.0762. The van der Waals surface area contributed by atoms with Gasteiger partial charge in [-0.15, -0.1) is 30.8 Å². The third-order valence-corrected chi connectivity index (χ3v) is 5.76. The van der Waals surface area contributed by atoms with Crippen molar-refractivity contribution in [2.75, 3.05) is 19.3 Å². The highest BCUT2D eigenvalue weighted by molar-refractivity contribution is 5.94. The normalized spacial score (nSPS) is 10.5. The van der Waals surface area contributed by atoms with Crippen LogP contribution in [-0.2, 0) is 12.0 Å². The molecular formula is C30H35F3N6O2. The molecule has 0 saturated carbocycles. The number of nitrogens with two attached hydrogens (primary N) is 1. The van der Waals surface area contributed by atoms with Gasteiger partial charge in [0.1, 0.15) is 17.2 Å². The number of benzene rings is 2. The number of fused-ring (bicyclic) bond motifs is 3. The van der Waals surface area contributed by atoms with E-state index in [0.29, 0.717) is 37.2 Å². The number of carbonyl (C=O) groups is 1. The summed E-state index contributed by atoms with van der Waals surface area (Å²) < 4.78 is 43.5. The number of nitrogens with zero attached hydrogens (tertiary/aromatic N) is 5. The summed E-state index contributed by atoms with van der Waals surface area (Å²) in [7, 11) is 1.58. The molecule has 2 heterocycles. The number of halogens is 3. The maximum absolute atomic E-state index is 14.5. The van der Waals surface area contributed by atoms with E-state index in [-0.39, 0.29) is 28.1 Å². The lowest BCUT2D eigenvalue weighted by atomic mass is 9.96. The molecule has 1 amide bonds. The number of aliphatic hydroxyl groups is 1. The molecule has 0 atom stereocenters. The minimum atomic E-state index is -1.21. The molecule has 0 saturated heterocycles. The van der Waals surface area contributed by atoms with E-state index < -0.39 is 29.0 Å². The van der Waals surface area contributed by atoms with Crippen molar-refractivity contribution in [3.05, 3.63) is 64.7 Å². The lowest BCUT2D eigenvalue weighted by Gasteiger charge is -2.20. The highest BCUT2D eigenvalue weighted by Gasteiger charge is 2.21. The van der Waals surface area contributed by atoms with E-state index >= 15 is 0 Å². The fraction of sp³-hybridized carbons (Fsp3) is 0.333. The van der Waals surface area contributed by atoms with Crippen LogP contribution in [0.3, 0.4) is 0 Å². The van der Waals surface area contributed by atoms with Crippen molar-refractivity contribution in [1.29, 1.82) is 0 Å². The summed E-state index contributed by atoms with van der Waals surface area (Å²) in [5.74, 6) is -2.41. The van der Waals surface area contributed by atoms with Gasteiger partial charge in [-0.2, -0.15) is 4.52 Å². The Balaban J connectivity index is 0.00000131. The maximum atomic E-state index is 14.5. The number of terminal acetylenes is 2. The van der Waals surface area contributed by atoms with Crippen LogP contribution in [-0.4, -0.2) is 49.1 Å². The molecule has 4 rings (SSSR count). The average molecular weight is 569 g/mol. The van der Waals surface area contributed by atoms with E-state index in [2.05, 4.69) is 40.8 Å². The van der Waals surface area contributed by atoms with Gasteiger partial charge in [-0.05, 0) is 50.5 Å². The maximum Gasteiger partial charge on any atom is 0.256 e. The minimum absolute atomic E-state index is 0.0697. The van der Waals surface area contributed by atoms with Crippen LogP contribution in [0.1, 0.15) is 62.3 Å². The topological polar surface area (TPSA) is 110 Å². The van der Waals surface area contributed by atoms with Crippen LogP contribution in [0, 0.1) is 43.1 Å². The zero-order valence-corrected chi connectivity index (χ0v) is 23.8. The van der Waals surface area contributed by atoms with E-state index in [1.807, 2.05) is 13.8 Å². The van der Waals surface area contributed by atoms with Gasteiger partial charge < -0.3 is 15.7 Å². The third kappa shape index (κ3) is 8.19. The van der Waals surface area contributed by atoms with Gasteiger partial charge >= 0.3 is 0 Å². The third-order valence-electron chi connectivity index (χ3n) is 5.76. The van der Waals surface area contributed by atoms with E-state index in [4.69, 9.17) is 5.73 Å². The highest BCUT2D eigenvalue weighted by Crippen LogP contribution is 2.24. The fourth-order valence-electron chi connectivity index (χ4n) is 3.82. The van der Waals surface area contributed by atoms with Crippen molar-refractivity contribution in [2.45, 2.75) is 52.6 Å². The van der Waals surface area contributed by atoms with E-state index in [0.717, 1.165) is 18.2 Å². The summed E-state index contributed by atoms with van der Waals surface area (Å²) in [6.07, 6.45) is 17.6. The summed E-state index contributed by atoms with van der Waals surface area (Å²) in [6, 6.07) is 5.93. The quantitative estimate of drug-likeness (QED) is 0.237. The van der Waals surface area contributed by atoms with Crippen LogP contribution >= 0.6 is 0 Å². The molecule has 0 aliphatic rings. The van der Waals surface area contributed by atoms with Crippen LogP contribution in [0.25, 0.3) is 16.6 Å². The first-order chi connectivity index (χ1) is 19.5. The number of aryl methyl sites for hydroxylation is 1. The summed E-state index contributed by atoms with van der Waals surface area (Å²) in [5.41, 5.74) is 5.09. The van der Waals surface area contributed by atoms with Crippen LogP contribution in [0.4, 0.5) is 19.1 Å². The zero-order chi connectivity index (χ0) is 31.5. The Morgan fingerprint density at radius 1 is 1.02 bits per heavy atom. The van der Waals surface area contributed by atoms with Gasteiger partial charge in [0.05, 0.1) is 16.6 Å². The number of hydrogen-bond acceptors (Lipinski definition) is 6. The Bertz CT molecular complexity index is 1520. The Morgan fingerprint density at radius 2 is 1.66 bits per heavy atom. The number of aromatic nitrogens is 4. The van der Waals surface area contributed by atoms with Gasteiger partial charge in [0.2, 0.25) is 5.95 Å². The molecule has 0 aliphatic carbocycles. The second kappa shape index (κ2) is 15.2. The predicted molar refractivity (Wildman–Crippen MR) is 155 cm³/mol. The molecule has 3 N–H and O–H groups in total. The first kappa shape index (κ1) is 34.4. The van der Waals surface area contributed by atoms with Crippen molar-refractivity contribution < 1.29 is 23.1 Å². The van der Waals surface area contributed by atoms with Crippen LogP contribution in [0.2, 0.25) is 0 Å². The zero-order valence-electron chi connectivity index (χ0n) is 23.8. The fourth-order valence-corrected chi connectivity index (χ4v) is 3.82. The molecule has 0 bridgehead atoms. The molecular weight excluding hydrogens is 533 g/mol. The van der Waals surface area contributed by atoms with Crippen molar-refractivity contribution in [3.8, 4) is 25.7 Å². The van der Waals surface area contributed by atoms with Crippen LogP contribution in [0.15, 0.2) is 30.3 Å². The van der Waals surface area contributed by atoms with Crippen LogP contribution < -0.4 is 5.73 Å². The van der Waals surface area contributed by atoms with Gasteiger partial charge in [0.25, 0.3) is 5.91 Å². The van der Waals surface area contributed by atoms with Gasteiger partial charge in [0, 0.05) is 26.1 Å². The van der Waals surface area contributed by atoms with Gasteiger partial charge in [0.15, 0.2) is 17.3 Å².